The average molecular weight is 234 g/mol. The summed E-state index contributed by atoms with van der Waals surface area (Å²) in [6, 6.07) is 0. The molecule has 1 heteroatoms. The van der Waals surface area contributed by atoms with E-state index in [2.05, 4.69) is 6.92 Å². The summed E-state index contributed by atoms with van der Waals surface area (Å²) in [5.74, 6) is 1.48. The minimum absolute atomic E-state index is 0.349. The van der Waals surface area contributed by atoms with Gasteiger partial charge in [0.25, 0.3) is 0 Å². The number of rotatable bonds is 3. The highest BCUT2D eigenvalue weighted by Crippen LogP contribution is 2.31. The third kappa shape index (κ3) is 3.69. The fourth-order valence-electron chi connectivity index (χ4n) is 3.41. The van der Waals surface area contributed by atoms with E-state index >= 15 is 0 Å². The van der Waals surface area contributed by atoms with Crippen LogP contribution in [-0.4, -0.2) is 5.78 Å². The van der Waals surface area contributed by atoms with Crippen LogP contribution in [0.1, 0.15) is 71.1 Å². The van der Waals surface area contributed by atoms with Crippen molar-refractivity contribution in [3.8, 4) is 0 Å². The first kappa shape index (κ1) is 12.9. The standard InChI is InChI=1S/C16H26O/c1-13(14-8-4-2-5-9-14)12-16(17)15-10-6-3-7-11-15/h12,14-15H,2-11H2,1H3. The highest BCUT2D eigenvalue weighted by Gasteiger charge is 2.21. The molecule has 0 unspecified atom stereocenters. The summed E-state index contributed by atoms with van der Waals surface area (Å²) in [6.07, 6.45) is 14.8. The maximum Gasteiger partial charge on any atom is 0.158 e. The fraction of sp³-hybridized carbons (Fsp3) is 0.812. The zero-order valence-corrected chi connectivity index (χ0v) is 11.2. The van der Waals surface area contributed by atoms with Crippen LogP contribution in [0.3, 0.4) is 0 Å². The van der Waals surface area contributed by atoms with Crippen molar-refractivity contribution in [1.29, 1.82) is 0 Å². The number of hydrogen-bond donors (Lipinski definition) is 0. The molecule has 96 valence electrons. The van der Waals surface area contributed by atoms with Crippen molar-refractivity contribution in [2.45, 2.75) is 71.1 Å². The van der Waals surface area contributed by atoms with E-state index < -0.39 is 0 Å². The minimum Gasteiger partial charge on any atom is -0.295 e. The predicted molar refractivity (Wildman–Crippen MR) is 71.9 cm³/mol. The Morgan fingerprint density at radius 2 is 1.29 bits per heavy atom. The molecule has 0 aliphatic heterocycles. The van der Waals surface area contributed by atoms with Gasteiger partial charge in [-0.1, -0.05) is 44.1 Å². The first-order valence-corrected chi connectivity index (χ1v) is 7.49. The molecule has 2 fully saturated rings. The molecule has 0 bridgehead atoms. The van der Waals surface area contributed by atoms with Crippen LogP contribution in [0.5, 0.6) is 0 Å². The van der Waals surface area contributed by atoms with E-state index in [1.165, 1.54) is 56.9 Å². The van der Waals surface area contributed by atoms with E-state index in [1.807, 2.05) is 6.08 Å². The molecule has 17 heavy (non-hydrogen) atoms. The summed E-state index contributed by atoms with van der Waals surface area (Å²) in [6.45, 7) is 2.18. The van der Waals surface area contributed by atoms with E-state index in [9.17, 15) is 4.79 Å². The summed E-state index contributed by atoms with van der Waals surface area (Å²) in [5.41, 5.74) is 1.36. The van der Waals surface area contributed by atoms with Gasteiger partial charge in [0.15, 0.2) is 5.78 Å². The van der Waals surface area contributed by atoms with Gasteiger partial charge in [-0.3, -0.25) is 4.79 Å². The Morgan fingerprint density at radius 3 is 1.82 bits per heavy atom. The highest BCUT2D eigenvalue weighted by molar-refractivity contribution is 5.92. The SMILES string of the molecule is CC(=CC(=O)C1CCCCC1)C1CCCCC1. The van der Waals surface area contributed by atoms with Gasteiger partial charge in [-0.2, -0.15) is 0 Å². The van der Waals surface area contributed by atoms with Crippen molar-refractivity contribution < 1.29 is 4.79 Å². The lowest BCUT2D eigenvalue weighted by atomic mass is 9.81. The summed E-state index contributed by atoms with van der Waals surface area (Å²) in [4.78, 5) is 12.2. The van der Waals surface area contributed by atoms with Crippen LogP contribution in [0.15, 0.2) is 11.6 Å². The minimum atomic E-state index is 0.349. The molecule has 0 spiro atoms. The van der Waals surface area contributed by atoms with Crippen molar-refractivity contribution in [2.75, 3.05) is 0 Å². The van der Waals surface area contributed by atoms with Gasteiger partial charge in [-0.25, -0.2) is 0 Å². The number of hydrogen-bond acceptors (Lipinski definition) is 1. The van der Waals surface area contributed by atoms with E-state index in [-0.39, 0.29) is 0 Å². The van der Waals surface area contributed by atoms with Crippen molar-refractivity contribution in [1.82, 2.24) is 0 Å². The Bertz CT molecular complexity index is 278. The van der Waals surface area contributed by atoms with E-state index in [1.54, 1.807) is 0 Å². The second-order valence-electron chi connectivity index (χ2n) is 5.96. The topological polar surface area (TPSA) is 17.1 Å². The maximum atomic E-state index is 12.2. The lowest BCUT2D eigenvalue weighted by Crippen LogP contribution is -2.17. The van der Waals surface area contributed by atoms with Crippen molar-refractivity contribution in [3.05, 3.63) is 11.6 Å². The molecule has 0 N–H and O–H groups in total. The summed E-state index contributed by atoms with van der Waals surface area (Å²) in [7, 11) is 0. The van der Waals surface area contributed by atoms with E-state index in [0.717, 1.165) is 12.8 Å². The van der Waals surface area contributed by atoms with Gasteiger partial charge < -0.3 is 0 Å². The quantitative estimate of drug-likeness (QED) is 0.649. The average Bonchev–Trinajstić information content (AvgIpc) is 2.40. The van der Waals surface area contributed by atoms with Gasteiger partial charge in [-0.15, -0.1) is 0 Å². The Hall–Kier alpha value is -0.590. The van der Waals surface area contributed by atoms with E-state index in [4.69, 9.17) is 0 Å². The lowest BCUT2D eigenvalue weighted by Gasteiger charge is -2.23. The van der Waals surface area contributed by atoms with E-state index in [0.29, 0.717) is 17.6 Å². The fourth-order valence-corrected chi connectivity index (χ4v) is 3.41. The molecule has 2 rings (SSSR count). The molecule has 0 atom stereocenters. The number of ketones is 1. The maximum absolute atomic E-state index is 12.2. The van der Waals surface area contributed by atoms with Crippen LogP contribution in [0.4, 0.5) is 0 Å². The van der Waals surface area contributed by atoms with Crippen LogP contribution >= 0.6 is 0 Å². The van der Waals surface area contributed by atoms with Crippen molar-refractivity contribution >= 4 is 5.78 Å². The molecule has 0 radical (unpaired) electrons. The molecule has 0 saturated heterocycles. The van der Waals surface area contributed by atoms with Crippen LogP contribution < -0.4 is 0 Å². The van der Waals surface area contributed by atoms with Crippen molar-refractivity contribution in [3.63, 3.8) is 0 Å². The zero-order valence-electron chi connectivity index (χ0n) is 11.2. The number of carbonyl (C=O) groups is 1. The van der Waals surface area contributed by atoms with Gasteiger partial charge >= 0.3 is 0 Å². The molecular formula is C16H26O. The molecule has 0 heterocycles. The van der Waals surface area contributed by atoms with Crippen LogP contribution in [0.2, 0.25) is 0 Å². The molecule has 1 nitrogen and oxygen atoms in total. The molecule has 0 amide bonds. The third-order valence-corrected chi connectivity index (χ3v) is 4.63. The first-order valence-electron chi connectivity index (χ1n) is 7.49. The molecule has 0 aromatic carbocycles. The first-order chi connectivity index (χ1) is 8.27. The third-order valence-electron chi connectivity index (χ3n) is 4.63. The number of allylic oxidation sites excluding steroid dienone is 2. The van der Waals surface area contributed by atoms with Crippen LogP contribution in [0, 0.1) is 11.8 Å². The molecule has 0 aromatic heterocycles. The molecule has 2 aliphatic rings. The number of carbonyl (C=O) groups excluding carboxylic acids is 1. The molecule has 2 aliphatic carbocycles. The van der Waals surface area contributed by atoms with Gasteiger partial charge in [0.1, 0.15) is 0 Å². The summed E-state index contributed by atoms with van der Waals surface area (Å²) >= 11 is 0. The van der Waals surface area contributed by atoms with Crippen LogP contribution in [-0.2, 0) is 4.79 Å². The van der Waals surface area contributed by atoms with Gasteiger partial charge in [0.05, 0.1) is 0 Å². The molecule has 0 aromatic rings. The lowest BCUT2D eigenvalue weighted by molar-refractivity contribution is -0.119. The predicted octanol–water partition coefficient (Wildman–Crippen LogP) is 4.66. The Balaban J connectivity index is 1.89. The van der Waals surface area contributed by atoms with Gasteiger partial charge in [0.2, 0.25) is 0 Å². The largest absolute Gasteiger partial charge is 0.295 e. The second kappa shape index (κ2) is 6.37. The Kier molecular flexibility index (Phi) is 4.82. The Labute approximate surface area is 106 Å². The highest BCUT2D eigenvalue weighted by atomic mass is 16.1. The van der Waals surface area contributed by atoms with Gasteiger partial charge in [-0.05, 0) is 44.6 Å². The molecule has 2 saturated carbocycles. The smallest absolute Gasteiger partial charge is 0.158 e. The normalized spacial score (nSPS) is 24.9. The van der Waals surface area contributed by atoms with Crippen LogP contribution in [0.25, 0.3) is 0 Å². The monoisotopic (exact) mass is 234 g/mol. The molecular weight excluding hydrogens is 208 g/mol. The van der Waals surface area contributed by atoms with Gasteiger partial charge in [0, 0.05) is 5.92 Å². The summed E-state index contributed by atoms with van der Waals surface area (Å²) < 4.78 is 0. The van der Waals surface area contributed by atoms with Crippen molar-refractivity contribution in [2.24, 2.45) is 11.8 Å². The Morgan fingerprint density at radius 1 is 0.824 bits per heavy atom. The summed E-state index contributed by atoms with van der Waals surface area (Å²) in [5, 5.41) is 0. The zero-order chi connectivity index (χ0) is 12.1. The second-order valence-corrected chi connectivity index (χ2v) is 5.96.